The Balaban J connectivity index is 2.03. The number of nitrogens with zero attached hydrogens (tertiary/aromatic N) is 2. The Bertz CT molecular complexity index is 1210. The summed E-state index contributed by atoms with van der Waals surface area (Å²) in [4.78, 5) is 0. The highest BCUT2D eigenvalue weighted by Gasteiger charge is 2.26. The molecule has 4 rings (SSSR count). The van der Waals surface area contributed by atoms with Crippen molar-refractivity contribution in [1.82, 2.24) is 0 Å². The lowest BCUT2D eigenvalue weighted by Gasteiger charge is -2.22. The van der Waals surface area contributed by atoms with E-state index in [-0.39, 0.29) is 5.41 Å². The summed E-state index contributed by atoms with van der Waals surface area (Å²) < 4.78 is 4.52. The zero-order valence-corrected chi connectivity index (χ0v) is 18.3. The standard InChI is InChI=1S/C27H30N2/c1-19-20(24-15-9-10-17-28(24)5)13-11-14-21(19)26-18-23(27(2,3)4)22-12-7-8-16-25(22)29(26)6/h7-18H,1-6H3/q+2. The predicted molar refractivity (Wildman–Crippen MR) is 121 cm³/mol. The van der Waals surface area contributed by atoms with Crippen LogP contribution in [0.15, 0.2) is 72.9 Å². The molecule has 0 bridgehead atoms. The third-order valence-corrected chi connectivity index (χ3v) is 5.95. The molecule has 0 atom stereocenters. The van der Waals surface area contributed by atoms with E-state index in [1.54, 1.807) is 0 Å². The van der Waals surface area contributed by atoms with Crippen LogP contribution in [-0.2, 0) is 19.5 Å². The first-order chi connectivity index (χ1) is 13.8. The van der Waals surface area contributed by atoms with Crippen LogP contribution in [0.2, 0.25) is 0 Å². The van der Waals surface area contributed by atoms with Gasteiger partial charge in [0.15, 0.2) is 6.20 Å². The molecule has 0 fully saturated rings. The lowest BCUT2D eigenvalue weighted by Crippen LogP contribution is -2.34. The molecule has 0 aliphatic rings. The minimum atomic E-state index is 0.0694. The van der Waals surface area contributed by atoms with Crippen LogP contribution in [0.1, 0.15) is 31.9 Å². The molecule has 2 heterocycles. The summed E-state index contributed by atoms with van der Waals surface area (Å²) in [5, 5.41) is 1.33. The van der Waals surface area contributed by atoms with E-state index in [0.29, 0.717) is 0 Å². The fourth-order valence-electron chi connectivity index (χ4n) is 4.31. The average molecular weight is 383 g/mol. The molecular weight excluding hydrogens is 352 g/mol. The first-order valence-corrected chi connectivity index (χ1v) is 10.3. The topological polar surface area (TPSA) is 7.76 Å². The van der Waals surface area contributed by atoms with Gasteiger partial charge in [0.1, 0.15) is 14.1 Å². The van der Waals surface area contributed by atoms with Crippen molar-refractivity contribution >= 4 is 10.9 Å². The minimum Gasteiger partial charge on any atom is -0.201 e. The van der Waals surface area contributed by atoms with Gasteiger partial charge < -0.3 is 0 Å². The van der Waals surface area contributed by atoms with Gasteiger partial charge in [-0.2, -0.15) is 4.57 Å². The summed E-state index contributed by atoms with van der Waals surface area (Å²) in [5.41, 5.74) is 9.07. The van der Waals surface area contributed by atoms with Crippen LogP contribution >= 0.6 is 0 Å². The number of hydrogen-bond donors (Lipinski definition) is 0. The molecule has 0 radical (unpaired) electrons. The average Bonchev–Trinajstić information content (AvgIpc) is 2.69. The summed E-state index contributed by atoms with van der Waals surface area (Å²) in [6.07, 6.45) is 2.11. The molecule has 0 aliphatic carbocycles. The first kappa shape index (κ1) is 19.3. The van der Waals surface area contributed by atoms with Gasteiger partial charge in [-0.3, -0.25) is 0 Å². The van der Waals surface area contributed by atoms with Crippen LogP contribution in [0, 0.1) is 6.92 Å². The molecule has 29 heavy (non-hydrogen) atoms. The second-order valence-corrected chi connectivity index (χ2v) is 8.94. The van der Waals surface area contributed by atoms with E-state index < -0.39 is 0 Å². The Labute approximate surface area is 174 Å². The highest BCUT2D eigenvalue weighted by atomic mass is 14.9. The maximum absolute atomic E-state index is 2.39. The minimum absolute atomic E-state index is 0.0694. The summed E-state index contributed by atoms with van der Waals surface area (Å²) in [7, 11) is 4.29. The van der Waals surface area contributed by atoms with Gasteiger partial charge in [0.2, 0.25) is 16.9 Å². The van der Waals surface area contributed by atoms with Crippen LogP contribution in [0.3, 0.4) is 0 Å². The number of rotatable bonds is 2. The van der Waals surface area contributed by atoms with E-state index in [2.05, 4.69) is 124 Å². The molecule has 2 nitrogen and oxygen atoms in total. The highest BCUT2D eigenvalue weighted by Crippen LogP contribution is 2.34. The molecular formula is C27H30N2+2. The maximum atomic E-state index is 2.39. The number of benzene rings is 2. The molecule has 0 N–H and O–H groups in total. The Morgan fingerprint density at radius 2 is 1.38 bits per heavy atom. The van der Waals surface area contributed by atoms with Crippen molar-refractivity contribution < 1.29 is 9.13 Å². The second-order valence-electron chi connectivity index (χ2n) is 8.94. The predicted octanol–water partition coefficient (Wildman–Crippen LogP) is 5.43. The Morgan fingerprint density at radius 3 is 2.07 bits per heavy atom. The molecule has 0 spiro atoms. The second kappa shape index (κ2) is 7.11. The third kappa shape index (κ3) is 3.33. The smallest absolute Gasteiger partial charge is 0.201 e. The van der Waals surface area contributed by atoms with Gasteiger partial charge in [-0.1, -0.05) is 39.0 Å². The summed E-state index contributed by atoms with van der Waals surface area (Å²) in [6.45, 7) is 9.13. The fraction of sp³-hybridized carbons (Fsp3) is 0.259. The molecule has 0 amide bonds. The van der Waals surface area contributed by atoms with Gasteiger partial charge in [-0.25, -0.2) is 4.57 Å². The Kier molecular flexibility index (Phi) is 4.74. The van der Waals surface area contributed by atoms with Gasteiger partial charge in [0.25, 0.3) is 0 Å². The van der Waals surface area contributed by atoms with Crippen LogP contribution in [0.4, 0.5) is 0 Å². The van der Waals surface area contributed by atoms with Gasteiger partial charge in [0, 0.05) is 35.4 Å². The molecule has 0 saturated heterocycles. The number of fused-ring (bicyclic) bond motifs is 1. The van der Waals surface area contributed by atoms with E-state index in [1.165, 1.54) is 44.5 Å². The van der Waals surface area contributed by atoms with Crippen molar-refractivity contribution in [3.05, 3.63) is 84.1 Å². The van der Waals surface area contributed by atoms with Crippen molar-refractivity contribution in [2.24, 2.45) is 14.1 Å². The summed E-state index contributed by atoms with van der Waals surface area (Å²) >= 11 is 0. The number of para-hydroxylation sites is 1. The number of aryl methyl sites for hydroxylation is 2. The molecule has 0 saturated carbocycles. The molecule has 4 aromatic rings. The molecule has 2 aromatic heterocycles. The molecule has 0 unspecified atom stereocenters. The quantitative estimate of drug-likeness (QED) is 0.409. The first-order valence-electron chi connectivity index (χ1n) is 10.3. The normalized spacial score (nSPS) is 11.8. The van der Waals surface area contributed by atoms with Crippen molar-refractivity contribution in [2.45, 2.75) is 33.1 Å². The van der Waals surface area contributed by atoms with Crippen LogP contribution in [-0.4, -0.2) is 0 Å². The highest BCUT2D eigenvalue weighted by molar-refractivity contribution is 5.84. The number of hydrogen-bond acceptors (Lipinski definition) is 0. The Morgan fingerprint density at radius 1 is 0.724 bits per heavy atom. The number of pyridine rings is 2. The SMILES string of the molecule is Cc1c(-c2cccc[n+]2C)cccc1-c1cc(C(C)(C)C)c2ccccc2[n+]1C. The van der Waals surface area contributed by atoms with Crippen LogP contribution in [0.25, 0.3) is 33.4 Å². The largest absolute Gasteiger partial charge is 0.213 e. The summed E-state index contributed by atoms with van der Waals surface area (Å²) in [6, 6.07) is 24.1. The van der Waals surface area contributed by atoms with Crippen molar-refractivity contribution in [1.29, 1.82) is 0 Å². The Hall–Kier alpha value is -3.00. The van der Waals surface area contributed by atoms with Crippen LogP contribution in [0.5, 0.6) is 0 Å². The van der Waals surface area contributed by atoms with E-state index >= 15 is 0 Å². The summed E-state index contributed by atoms with van der Waals surface area (Å²) in [5.74, 6) is 0. The van der Waals surface area contributed by atoms with Gasteiger partial charge >= 0.3 is 0 Å². The van der Waals surface area contributed by atoms with E-state index in [9.17, 15) is 0 Å². The van der Waals surface area contributed by atoms with E-state index in [0.717, 1.165) is 0 Å². The lowest BCUT2D eigenvalue weighted by molar-refractivity contribution is -0.660. The van der Waals surface area contributed by atoms with Gasteiger partial charge in [0.05, 0.1) is 5.39 Å². The van der Waals surface area contributed by atoms with Crippen molar-refractivity contribution in [3.63, 3.8) is 0 Å². The third-order valence-electron chi connectivity index (χ3n) is 5.95. The molecule has 146 valence electrons. The molecule has 0 aliphatic heterocycles. The van der Waals surface area contributed by atoms with Crippen molar-refractivity contribution in [2.75, 3.05) is 0 Å². The number of aromatic nitrogens is 2. The monoisotopic (exact) mass is 382 g/mol. The molecule has 2 heteroatoms. The lowest BCUT2D eigenvalue weighted by atomic mass is 9.83. The van der Waals surface area contributed by atoms with E-state index in [1.807, 2.05) is 0 Å². The van der Waals surface area contributed by atoms with Crippen LogP contribution < -0.4 is 9.13 Å². The molecule has 2 aromatic carbocycles. The van der Waals surface area contributed by atoms with Gasteiger partial charge in [-0.05, 0) is 47.7 Å². The zero-order valence-electron chi connectivity index (χ0n) is 18.3. The zero-order chi connectivity index (χ0) is 20.8. The maximum Gasteiger partial charge on any atom is 0.213 e. The van der Waals surface area contributed by atoms with E-state index in [4.69, 9.17) is 0 Å². The fourth-order valence-corrected chi connectivity index (χ4v) is 4.31. The van der Waals surface area contributed by atoms with Gasteiger partial charge in [-0.15, -0.1) is 0 Å². The van der Waals surface area contributed by atoms with Crippen molar-refractivity contribution in [3.8, 4) is 22.5 Å².